The highest BCUT2D eigenvalue weighted by atomic mass is 19.4. The Morgan fingerprint density at radius 2 is 1.51 bits per heavy atom. The first-order chi connectivity index (χ1) is 23.2. The molecular weight excluding hydrogens is 641 g/mol. The summed E-state index contributed by atoms with van der Waals surface area (Å²) in [6.07, 6.45) is -3.88. The maximum absolute atomic E-state index is 13.7. The largest absolute Gasteiger partial charge is 0.465 e. The molecule has 0 fully saturated rings. The summed E-state index contributed by atoms with van der Waals surface area (Å²) in [5.74, 6) is -3.07. The van der Waals surface area contributed by atoms with E-state index < -0.39 is 47.2 Å². The Morgan fingerprint density at radius 3 is 2.04 bits per heavy atom. The Morgan fingerprint density at radius 1 is 0.878 bits per heavy atom. The molecule has 0 unspecified atom stereocenters. The van der Waals surface area contributed by atoms with E-state index in [0.717, 1.165) is 12.1 Å². The highest BCUT2D eigenvalue weighted by molar-refractivity contribution is 6.11. The van der Waals surface area contributed by atoms with Crippen molar-refractivity contribution in [3.05, 3.63) is 82.9 Å². The van der Waals surface area contributed by atoms with Crippen molar-refractivity contribution in [3.8, 4) is 11.1 Å². The molecule has 1 N–H and O–H groups in total. The van der Waals surface area contributed by atoms with E-state index in [1.165, 1.54) is 18.2 Å². The second kappa shape index (κ2) is 16.9. The fourth-order valence-electron chi connectivity index (χ4n) is 5.67. The minimum atomic E-state index is -4.71. The second-order valence-electron chi connectivity index (χ2n) is 11.6. The number of rotatable bonds is 16. The summed E-state index contributed by atoms with van der Waals surface area (Å²) < 4.78 is 51.5. The Bertz CT molecular complexity index is 1650. The summed E-state index contributed by atoms with van der Waals surface area (Å²) in [6, 6.07) is 14.2. The molecule has 49 heavy (non-hydrogen) atoms. The van der Waals surface area contributed by atoms with E-state index in [0.29, 0.717) is 30.3 Å². The number of anilines is 2. The van der Waals surface area contributed by atoms with Crippen molar-refractivity contribution < 1.29 is 46.6 Å². The Labute approximate surface area is 283 Å². The summed E-state index contributed by atoms with van der Waals surface area (Å²) in [4.78, 5) is 67.7. The number of ketones is 1. The van der Waals surface area contributed by atoms with Crippen LogP contribution in [0, 0.1) is 5.41 Å². The zero-order valence-electron chi connectivity index (χ0n) is 28.2. The number of halogens is 3. The van der Waals surface area contributed by atoms with Crippen LogP contribution in [0.4, 0.5) is 24.5 Å². The lowest BCUT2D eigenvalue weighted by Crippen LogP contribution is -2.44. The van der Waals surface area contributed by atoms with Crippen molar-refractivity contribution in [1.82, 2.24) is 0 Å². The average Bonchev–Trinajstić information content (AvgIpc) is 3.06. The fourth-order valence-corrected chi connectivity index (χ4v) is 5.67. The maximum Gasteiger partial charge on any atom is 0.416 e. The summed E-state index contributed by atoms with van der Waals surface area (Å²) in [5.41, 5.74) is -1.75. The lowest BCUT2D eigenvalue weighted by Gasteiger charge is -2.29. The van der Waals surface area contributed by atoms with Crippen molar-refractivity contribution in [2.45, 2.75) is 59.1 Å². The van der Waals surface area contributed by atoms with Crippen molar-refractivity contribution in [1.29, 1.82) is 0 Å². The number of carbonyl (C=O) groups is 5. The molecule has 0 saturated heterocycles. The van der Waals surface area contributed by atoms with Crippen LogP contribution in [-0.4, -0.2) is 57.2 Å². The molecule has 0 aromatic heterocycles. The van der Waals surface area contributed by atoms with Gasteiger partial charge in [0.2, 0.25) is 0 Å². The quantitative estimate of drug-likeness (QED) is 0.0950. The number of hydrogen-bond acceptors (Lipinski definition) is 8. The predicted molar refractivity (Wildman–Crippen MR) is 180 cm³/mol. The number of esters is 2. The van der Waals surface area contributed by atoms with E-state index in [1.807, 2.05) is 6.92 Å². The molecule has 9 nitrogen and oxygen atoms in total. The molecule has 3 aromatic rings. The van der Waals surface area contributed by atoms with E-state index in [2.05, 4.69) is 5.32 Å². The van der Waals surface area contributed by atoms with Crippen LogP contribution in [0.2, 0.25) is 0 Å². The Kier molecular flexibility index (Phi) is 13.3. The van der Waals surface area contributed by atoms with Crippen LogP contribution in [0.3, 0.4) is 0 Å². The minimum absolute atomic E-state index is 0.00566. The molecule has 0 aliphatic rings. The number of amides is 1. The van der Waals surface area contributed by atoms with E-state index in [1.54, 1.807) is 63.2 Å². The lowest BCUT2D eigenvalue weighted by atomic mass is 9.77. The van der Waals surface area contributed by atoms with Gasteiger partial charge in [-0.3, -0.25) is 24.0 Å². The molecule has 0 aliphatic heterocycles. The van der Waals surface area contributed by atoms with Gasteiger partial charge in [0.1, 0.15) is 5.78 Å². The SMILES string of the molecule is CCCCC(CC(=O)Cc1ccc(NC(=O)c2cc(C(F)(F)F)ccc2-c2ccccc2)c(C=O)c1N(C)C)(C(=O)OCC)C(=O)OCC. The highest BCUT2D eigenvalue weighted by Crippen LogP contribution is 2.37. The van der Waals surface area contributed by atoms with Crippen LogP contribution >= 0.6 is 0 Å². The van der Waals surface area contributed by atoms with Crippen LogP contribution in [-0.2, 0) is 36.5 Å². The highest BCUT2D eigenvalue weighted by Gasteiger charge is 2.49. The number of ether oxygens (including phenoxy) is 2. The van der Waals surface area contributed by atoms with Gasteiger partial charge in [-0.05, 0) is 55.2 Å². The zero-order valence-corrected chi connectivity index (χ0v) is 28.2. The van der Waals surface area contributed by atoms with E-state index in [9.17, 15) is 37.1 Å². The molecule has 262 valence electrons. The first-order valence-electron chi connectivity index (χ1n) is 16.0. The number of alkyl halides is 3. The van der Waals surface area contributed by atoms with Crippen LogP contribution in [0.1, 0.15) is 78.3 Å². The molecule has 3 rings (SSSR count). The molecule has 1 amide bonds. The number of nitrogens with zero attached hydrogens (tertiary/aromatic N) is 1. The first kappa shape index (κ1) is 38.4. The lowest BCUT2D eigenvalue weighted by molar-refractivity contribution is -0.174. The Balaban J connectivity index is 2.04. The summed E-state index contributed by atoms with van der Waals surface area (Å²) in [7, 11) is 3.23. The Hall–Kier alpha value is -5.00. The first-order valence-corrected chi connectivity index (χ1v) is 16.0. The van der Waals surface area contributed by atoms with Gasteiger partial charge in [-0.25, -0.2) is 0 Å². The molecule has 0 heterocycles. The molecule has 0 bridgehead atoms. The molecule has 0 atom stereocenters. The number of hydrogen-bond donors (Lipinski definition) is 1. The molecule has 12 heteroatoms. The average molecular weight is 683 g/mol. The molecule has 0 aliphatic carbocycles. The third-order valence-corrected chi connectivity index (χ3v) is 7.97. The van der Waals surface area contributed by atoms with Gasteiger partial charge in [-0.1, -0.05) is 62.2 Å². The van der Waals surface area contributed by atoms with Gasteiger partial charge in [0.05, 0.1) is 35.7 Å². The predicted octanol–water partition coefficient (Wildman–Crippen LogP) is 7.31. The molecule has 0 spiro atoms. The van der Waals surface area contributed by atoms with Gasteiger partial charge in [-0.2, -0.15) is 13.2 Å². The molecular formula is C37H41F3N2O7. The zero-order chi connectivity index (χ0) is 36.4. The van der Waals surface area contributed by atoms with Gasteiger partial charge < -0.3 is 19.7 Å². The van der Waals surface area contributed by atoms with Crippen molar-refractivity contribution in [3.63, 3.8) is 0 Å². The van der Waals surface area contributed by atoms with Crippen molar-refractivity contribution in [2.75, 3.05) is 37.5 Å². The van der Waals surface area contributed by atoms with E-state index >= 15 is 0 Å². The maximum atomic E-state index is 13.7. The standard InChI is InChI=1S/C37H41F3N2O7/c1-6-9-19-36(34(46)48-7-2,35(47)49-8-3)22-27(44)20-25-15-18-31(30(23-43)32(25)42(4)5)41-33(45)29-21-26(37(38,39)40)16-17-28(29)24-13-11-10-12-14-24/h10-18,21,23H,6-9,19-20,22H2,1-5H3,(H,41,45). The topological polar surface area (TPSA) is 119 Å². The van der Waals surface area contributed by atoms with Crippen molar-refractivity contribution in [2.24, 2.45) is 5.41 Å². The smallest absolute Gasteiger partial charge is 0.416 e. The summed E-state index contributed by atoms with van der Waals surface area (Å²) in [5, 5.41) is 2.59. The third-order valence-electron chi connectivity index (χ3n) is 7.97. The van der Waals surface area contributed by atoms with Crippen molar-refractivity contribution >= 4 is 41.3 Å². The van der Waals surface area contributed by atoms with E-state index in [4.69, 9.17) is 9.47 Å². The normalized spacial score (nSPS) is 11.4. The monoisotopic (exact) mass is 682 g/mol. The minimum Gasteiger partial charge on any atom is -0.465 e. The summed E-state index contributed by atoms with van der Waals surface area (Å²) >= 11 is 0. The third kappa shape index (κ3) is 9.13. The van der Waals surface area contributed by atoms with Crippen LogP contribution in [0.5, 0.6) is 0 Å². The van der Waals surface area contributed by atoms with Gasteiger partial charge in [0.25, 0.3) is 5.91 Å². The van der Waals surface area contributed by atoms with Gasteiger partial charge in [-0.15, -0.1) is 0 Å². The van der Waals surface area contributed by atoms with Crippen LogP contribution in [0.25, 0.3) is 11.1 Å². The molecule has 3 aromatic carbocycles. The number of carbonyl (C=O) groups excluding carboxylic acids is 5. The number of aldehydes is 1. The van der Waals surface area contributed by atoms with Crippen LogP contribution < -0.4 is 10.2 Å². The van der Waals surface area contributed by atoms with Crippen LogP contribution in [0.15, 0.2) is 60.7 Å². The van der Waals surface area contributed by atoms with Gasteiger partial charge in [0, 0.05) is 32.5 Å². The summed E-state index contributed by atoms with van der Waals surface area (Å²) in [6.45, 7) is 5.05. The number of benzene rings is 3. The number of unbranched alkanes of at least 4 members (excludes halogenated alkanes) is 1. The fraction of sp³-hybridized carbons (Fsp3) is 0.378. The molecule has 0 saturated carbocycles. The number of Topliss-reactive ketones (excluding diaryl/α,β-unsaturated/α-hetero) is 1. The number of nitrogens with one attached hydrogen (secondary N) is 1. The van der Waals surface area contributed by atoms with Gasteiger partial charge >= 0.3 is 18.1 Å². The molecule has 0 radical (unpaired) electrons. The van der Waals surface area contributed by atoms with E-state index in [-0.39, 0.29) is 54.1 Å². The van der Waals surface area contributed by atoms with Gasteiger partial charge in [0.15, 0.2) is 11.7 Å². The second-order valence-corrected chi connectivity index (χ2v) is 11.6.